The van der Waals surface area contributed by atoms with Gasteiger partial charge >= 0.3 is 0 Å². The van der Waals surface area contributed by atoms with Crippen LogP contribution in [0.2, 0.25) is 0 Å². The SMILES string of the molecule is C#CCn1c(C)c(C)c2c(NCCc3ccc(F)cc3)cncc21. The zero-order valence-corrected chi connectivity index (χ0v) is 13.9. The smallest absolute Gasteiger partial charge is 0.123 e. The average Bonchev–Trinajstić information content (AvgIpc) is 2.83. The molecule has 3 rings (SSSR count). The summed E-state index contributed by atoms with van der Waals surface area (Å²) in [4.78, 5) is 4.35. The summed E-state index contributed by atoms with van der Waals surface area (Å²) < 4.78 is 15.1. The number of rotatable bonds is 5. The molecule has 2 aromatic heterocycles. The number of fused-ring (bicyclic) bond motifs is 1. The summed E-state index contributed by atoms with van der Waals surface area (Å²) in [7, 11) is 0. The van der Waals surface area contributed by atoms with E-state index in [0.29, 0.717) is 6.54 Å². The Morgan fingerprint density at radius 3 is 2.67 bits per heavy atom. The van der Waals surface area contributed by atoms with Gasteiger partial charge < -0.3 is 9.88 Å². The summed E-state index contributed by atoms with van der Waals surface area (Å²) in [5.74, 6) is 2.50. The largest absolute Gasteiger partial charge is 0.383 e. The fourth-order valence-corrected chi connectivity index (χ4v) is 3.03. The molecule has 0 bridgehead atoms. The Hall–Kier alpha value is -2.80. The second-order valence-electron chi connectivity index (χ2n) is 5.89. The Bertz CT molecular complexity index is 901. The standard InChI is InChI=1S/C20H20FN3/c1-4-11-24-15(3)14(2)20-18(12-22-13-19(20)24)23-10-9-16-5-7-17(21)8-6-16/h1,5-8,12-13,23H,9-11H2,2-3H3. The third-order valence-corrected chi connectivity index (χ3v) is 4.43. The maximum absolute atomic E-state index is 13.0. The quantitative estimate of drug-likeness (QED) is 0.718. The first-order chi connectivity index (χ1) is 11.6. The van der Waals surface area contributed by atoms with E-state index in [2.05, 4.69) is 34.6 Å². The number of terminal acetylenes is 1. The minimum absolute atomic E-state index is 0.207. The van der Waals surface area contributed by atoms with E-state index in [9.17, 15) is 4.39 Å². The van der Waals surface area contributed by atoms with Gasteiger partial charge in [-0.15, -0.1) is 6.42 Å². The molecule has 3 aromatic rings. The predicted molar refractivity (Wildman–Crippen MR) is 96.6 cm³/mol. The molecule has 24 heavy (non-hydrogen) atoms. The molecule has 4 heteroatoms. The average molecular weight is 321 g/mol. The van der Waals surface area contributed by atoms with Gasteiger partial charge in [0.05, 0.1) is 30.1 Å². The summed E-state index contributed by atoms with van der Waals surface area (Å²) >= 11 is 0. The molecule has 0 aliphatic carbocycles. The summed E-state index contributed by atoms with van der Waals surface area (Å²) in [6.07, 6.45) is 10.0. The number of hydrogen-bond acceptors (Lipinski definition) is 2. The van der Waals surface area contributed by atoms with E-state index in [1.165, 1.54) is 17.7 Å². The molecule has 0 atom stereocenters. The van der Waals surface area contributed by atoms with Crippen molar-refractivity contribution in [3.63, 3.8) is 0 Å². The third-order valence-electron chi connectivity index (χ3n) is 4.43. The van der Waals surface area contributed by atoms with Gasteiger partial charge in [0.15, 0.2) is 0 Å². The van der Waals surface area contributed by atoms with Crippen LogP contribution < -0.4 is 5.32 Å². The lowest BCUT2D eigenvalue weighted by Crippen LogP contribution is -2.06. The normalized spacial score (nSPS) is 10.8. The van der Waals surface area contributed by atoms with Crippen LogP contribution in [0.25, 0.3) is 10.9 Å². The minimum Gasteiger partial charge on any atom is -0.383 e. The second-order valence-corrected chi connectivity index (χ2v) is 5.89. The highest BCUT2D eigenvalue weighted by molar-refractivity contribution is 5.95. The van der Waals surface area contributed by atoms with Crippen molar-refractivity contribution in [1.29, 1.82) is 0 Å². The lowest BCUT2D eigenvalue weighted by Gasteiger charge is -2.09. The fraction of sp³-hybridized carbons (Fsp3) is 0.250. The van der Waals surface area contributed by atoms with E-state index < -0.39 is 0 Å². The van der Waals surface area contributed by atoms with Crippen LogP contribution in [0.4, 0.5) is 10.1 Å². The highest BCUT2D eigenvalue weighted by atomic mass is 19.1. The van der Waals surface area contributed by atoms with Crippen LogP contribution in [0.3, 0.4) is 0 Å². The summed E-state index contributed by atoms with van der Waals surface area (Å²) in [6.45, 7) is 5.48. The van der Waals surface area contributed by atoms with Crippen LogP contribution in [-0.4, -0.2) is 16.1 Å². The van der Waals surface area contributed by atoms with Gasteiger partial charge in [-0.2, -0.15) is 0 Å². The number of halogens is 1. The zero-order valence-electron chi connectivity index (χ0n) is 13.9. The topological polar surface area (TPSA) is 29.9 Å². The number of hydrogen-bond donors (Lipinski definition) is 1. The second kappa shape index (κ2) is 6.76. The Morgan fingerprint density at radius 2 is 1.96 bits per heavy atom. The predicted octanol–water partition coefficient (Wildman–Crippen LogP) is 4.08. The van der Waals surface area contributed by atoms with Crippen molar-refractivity contribution in [2.45, 2.75) is 26.8 Å². The van der Waals surface area contributed by atoms with Crippen molar-refractivity contribution in [3.8, 4) is 12.3 Å². The number of benzene rings is 1. The van der Waals surface area contributed by atoms with Gasteiger partial charge in [-0.05, 0) is 43.5 Å². The maximum Gasteiger partial charge on any atom is 0.123 e. The lowest BCUT2D eigenvalue weighted by atomic mass is 10.1. The van der Waals surface area contributed by atoms with E-state index in [1.807, 2.05) is 24.5 Å². The number of nitrogens with zero attached hydrogens (tertiary/aromatic N) is 2. The van der Waals surface area contributed by atoms with Gasteiger partial charge in [-0.3, -0.25) is 4.98 Å². The van der Waals surface area contributed by atoms with E-state index in [-0.39, 0.29) is 5.82 Å². The van der Waals surface area contributed by atoms with Gasteiger partial charge in [0.2, 0.25) is 0 Å². The Labute approximate surface area is 141 Å². The summed E-state index contributed by atoms with van der Waals surface area (Å²) in [5, 5.41) is 4.62. The molecule has 0 aliphatic rings. The third kappa shape index (κ3) is 2.98. The molecule has 1 aromatic carbocycles. The van der Waals surface area contributed by atoms with Crippen molar-refractivity contribution < 1.29 is 4.39 Å². The maximum atomic E-state index is 13.0. The molecular formula is C20H20FN3. The fourth-order valence-electron chi connectivity index (χ4n) is 3.03. The van der Waals surface area contributed by atoms with Crippen LogP contribution in [0.5, 0.6) is 0 Å². The van der Waals surface area contributed by atoms with Gasteiger partial charge in [-0.25, -0.2) is 4.39 Å². The Morgan fingerprint density at radius 1 is 1.21 bits per heavy atom. The van der Waals surface area contributed by atoms with Crippen molar-refractivity contribution in [3.05, 3.63) is 59.3 Å². The first-order valence-electron chi connectivity index (χ1n) is 7.97. The molecule has 0 saturated carbocycles. The molecule has 0 amide bonds. The first kappa shape index (κ1) is 16.1. The molecule has 2 heterocycles. The van der Waals surface area contributed by atoms with Crippen molar-refractivity contribution in [1.82, 2.24) is 9.55 Å². The van der Waals surface area contributed by atoms with Crippen LogP contribution in [0.15, 0.2) is 36.7 Å². The molecule has 0 aliphatic heterocycles. The van der Waals surface area contributed by atoms with Crippen molar-refractivity contribution in [2.24, 2.45) is 0 Å². The monoisotopic (exact) mass is 321 g/mol. The summed E-state index contributed by atoms with van der Waals surface area (Å²) in [6, 6.07) is 6.61. The van der Waals surface area contributed by atoms with Crippen LogP contribution in [0, 0.1) is 32.0 Å². The molecule has 0 unspecified atom stereocenters. The summed E-state index contributed by atoms with van der Waals surface area (Å²) in [5.41, 5.74) is 5.53. The highest BCUT2D eigenvalue weighted by Gasteiger charge is 2.13. The molecule has 0 spiro atoms. The molecule has 0 fully saturated rings. The van der Waals surface area contributed by atoms with Gasteiger partial charge in [0.25, 0.3) is 0 Å². The van der Waals surface area contributed by atoms with Gasteiger partial charge in [-0.1, -0.05) is 18.1 Å². The van der Waals surface area contributed by atoms with Gasteiger partial charge in [0.1, 0.15) is 5.82 Å². The first-order valence-corrected chi connectivity index (χ1v) is 7.97. The number of nitrogens with one attached hydrogen (secondary N) is 1. The molecule has 3 nitrogen and oxygen atoms in total. The molecule has 0 radical (unpaired) electrons. The molecular weight excluding hydrogens is 301 g/mol. The number of pyridine rings is 1. The van der Waals surface area contributed by atoms with Crippen LogP contribution >= 0.6 is 0 Å². The number of aryl methyl sites for hydroxylation is 1. The molecule has 0 saturated heterocycles. The zero-order chi connectivity index (χ0) is 17.1. The van der Waals surface area contributed by atoms with Crippen molar-refractivity contribution in [2.75, 3.05) is 11.9 Å². The van der Waals surface area contributed by atoms with Gasteiger partial charge in [0, 0.05) is 17.6 Å². The number of anilines is 1. The van der Waals surface area contributed by atoms with E-state index >= 15 is 0 Å². The van der Waals surface area contributed by atoms with E-state index in [4.69, 9.17) is 6.42 Å². The highest BCUT2D eigenvalue weighted by Crippen LogP contribution is 2.30. The Balaban J connectivity index is 1.83. The minimum atomic E-state index is -0.207. The van der Waals surface area contributed by atoms with Crippen molar-refractivity contribution >= 4 is 16.6 Å². The molecule has 122 valence electrons. The number of aromatic nitrogens is 2. The van der Waals surface area contributed by atoms with E-state index in [1.54, 1.807) is 0 Å². The molecule has 1 N–H and O–H groups in total. The Kier molecular flexibility index (Phi) is 4.52. The van der Waals surface area contributed by atoms with Crippen LogP contribution in [-0.2, 0) is 13.0 Å². The van der Waals surface area contributed by atoms with Crippen LogP contribution in [0.1, 0.15) is 16.8 Å². The van der Waals surface area contributed by atoms with E-state index in [0.717, 1.165) is 40.8 Å². The lowest BCUT2D eigenvalue weighted by molar-refractivity contribution is 0.627.